The molecule has 0 bridgehead atoms. The quantitative estimate of drug-likeness (QED) is 0.148. The summed E-state index contributed by atoms with van der Waals surface area (Å²) in [7, 11) is 2.16. The van der Waals surface area contributed by atoms with E-state index in [0.29, 0.717) is 12.3 Å². The summed E-state index contributed by atoms with van der Waals surface area (Å²) in [5.74, 6) is 0.130. The number of rotatable bonds is 8. The van der Waals surface area contributed by atoms with Crippen molar-refractivity contribution in [2.75, 3.05) is 14.2 Å². The van der Waals surface area contributed by atoms with E-state index in [0.717, 1.165) is 6.42 Å². The minimum atomic E-state index is -1.02. The predicted octanol–water partition coefficient (Wildman–Crippen LogP) is 3.26. The molecule has 0 N–H and O–H groups in total. The van der Waals surface area contributed by atoms with Crippen LogP contribution in [0.4, 0.5) is 0 Å². The molecule has 0 saturated carbocycles. The fourth-order valence-electron chi connectivity index (χ4n) is 1.76. The molecule has 184 valence electrons. The first-order chi connectivity index (χ1) is 14.3. The second-order valence-electron chi connectivity index (χ2n) is 5.94. The van der Waals surface area contributed by atoms with Crippen LogP contribution in [0.1, 0.15) is 19.8 Å². The van der Waals surface area contributed by atoms with Crippen LogP contribution in [-0.4, -0.2) is 34.4 Å². The van der Waals surface area contributed by atoms with E-state index in [2.05, 4.69) is 77.3 Å². The molecule has 0 aromatic rings. The molecule has 0 unspecified atom stereocenters. The molecule has 12 heteroatoms. The van der Waals surface area contributed by atoms with Crippen LogP contribution in [0.15, 0.2) is 12.2 Å². The van der Waals surface area contributed by atoms with E-state index < -0.39 is 8.07 Å². The van der Waals surface area contributed by atoms with E-state index in [9.17, 15) is 4.79 Å². The minimum absolute atomic E-state index is 0. The molecule has 0 aromatic carbocycles. The van der Waals surface area contributed by atoms with Gasteiger partial charge in [0.15, 0.2) is 0 Å². The molecule has 0 heterocycles. The summed E-state index contributed by atoms with van der Waals surface area (Å²) in [5.41, 5.74) is 0. The first-order valence-electron chi connectivity index (χ1n) is 7.79. The third-order valence-corrected chi connectivity index (χ3v) is 4.81. The van der Waals surface area contributed by atoms with Gasteiger partial charge in [-0.05, 0) is 6.42 Å². The molecule has 0 aliphatic carbocycles. The maximum absolute atomic E-state index is 11.0. The van der Waals surface area contributed by atoms with Crippen LogP contribution in [-0.2, 0) is 75.7 Å². The Bertz CT molecular complexity index is 459. The monoisotopic (exact) mass is 558 g/mol. The van der Waals surface area contributed by atoms with Crippen molar-refractivity contribution in [2.45, 2.75) is 51.6 Å². The standard InChI is InChI=1S/C14H28O3Si.6CO.2Co/c1-12(8-7-9-14(15)17-3)13(16-2)10-11-18(4,5)6;6*1-2;;/h7-8,12-13H,9-11H2,1-6H3;;;;;;;;/b8-7+;;;;;;;;/t12-,13-;;;;;;;;/m0......../s1. The van der Waals surface area contributed by atoms with Crippen molar-refractivity contribution in [1.82, 2.24) is 0 Å². The summed E-state index contributed by atoms with van der Waals surface area (Å²) in [6.07, 6.45) is 5.60. The topological polar surface area (TPSA) is 155 Å². The Morgan fingerprint density at radius 2 is 1.19 bits per heavy atom. The van der Waals surface area contributed by atoms with Crippen LogP contribution in [0, 0.1) is 45.8 Å². The molecule has 0 fully saturated rings. The average molecular weight is 558 g/mol. The third kappa shape index (κ3) is 63.0. The number of ether oxygens (including phenoxy) is 2. The smallest absolute Gasteiger partial charge is 0 e. The maximum atomic E-state index is 11.0. The number of methoxy groups -OCH3 is 2. The Hall–Kier alpha value is -1.16. The van der Waals surface area contributed by atoms with Gasteiger partial charge >= 0.3 is 73.8 Å². The van der Waals surface area contributed by atoms with Crippen molar-refractivity contribution in [3.05, 3.63) is 52.1 Å². The van der Waals surface area contributed by atoms with Gasteiger partial charge in [-0.15, -0.1) is 0 Å². The Balaban J connectivity index is -0.0000000465. The normalized spacial score (nSPS) is 9.19. The zero-order valence-electron chi connectivity index (χ0n) is 18.8. The average Bonchev–Trinajstić information content (AvgIpc) is 2.81. The maximum Gasteiger partial charge on any atom is 0 e. The Kier molecular flexibility index (Phi) is 103. The van der Waals surface area contributed by atoms with Gasteiger partial charge in [0.1, 0.15) is 0 Å². The van der Waals surface area contributed by atoms with Crippen LogP contribution in [0.2, 0.25) is 25.7 Å². The molecular weight excluding hydrogens is 530 g/mol. The molecular formula is C20H28Co2O9Si. The number of carbonyl (C=O) groups is 1. The molecule has 9 nitrogen and oxygen atoms in total. The molecule has 0 aliphatic rings. The third-order valence-electron chi connectivity index (χ3n) is 3.02. The Labute approximate surface area is 213 Å². The van der Waals surface area contributed by atoms with Crippen LogP contribution < -0.4 is 0 Å². The predicted molar refractivity (Wildman–Crippen MR) is 102 cm³/mol. The van der Waals surface area contributed by atoms with Crippen molar-refractivity contribution in [3.8, 4) is 0 Å². The van der Waals surface area contributed by atoms with Crippen LogP contribution >= 0.6 is 0 Å². The van der Waals surface area contributed by atoms with Crippen LogP contribution in [0.3, 0.4) is 0 Å². The molecule has 0 saturated heterocycles. The largest absolute Gasteiger partial charge is 0 e. The molecule has 32 heavy (non-hydrogen) atoms. The van der Waals surface area contributed by atoms with Gasteiger partial charge in [0.2, 0.25) is 0 Å². The SMILES string of the molecule is COC(=O)C/C=C/[C@H](C)[C@H](CC[Si](C)(C)C)OC.[C-]#[O+].[C-]#[O+].[C-]#[O+].[C-]#[O+].[C-]#[O+].[C-]#[O+].[Co].[Co]. The summed E-state index contributed by atoms with van der Waals surface area (Å²) in [4.78, 5) is 11.0. The van der Waals surface area contributed by atoms with E-state index in [4.69, 9.17) is 32.6 Å². The van der Waals surface area contributed by atoms with Crippen LogP contribution in [0.25, 0.3) is 0 Å². The zero-order chi connectivity index (χ0) is 26.2. The van der Waals surface area contributed by atoms with E-state index in [1.54, 1.807) is 7.11 Å². The van der Waals surface area contributed by atoms with Gasteiger partial charge in [-0.1, -0.05) is 44.8 Å². The second kappa shape index (κ2) is 57.1. The summed E-state index contributed by atoms with van der Waals surface area (Å²) < 4.78 is 55.1. The van der Waals surface area contributed by atoms with Crippen molar-refractivity contribution >= 4 is 14.0 Å². The van der Waals surface area contributed by atoms with E-state index >= 15 is 0 Å². The summed E-state index contributed by atoms with van der Waals surface area (Å²) >= 11 is 0. The molecule has 0 amide bonds. The van der Waals surface area contributed by atoms with Gasteiger partial charge in [0.05, 0.1) is 19.6 Å². The van der Waals surface area contributed by atoms with Gasteiger partial charge in [-0.25, -0.2) is 0 Å². The summed E-state index contributed by atoms with van der Waals surface area (Å²) in [6, 6.07) is 1.26. The van der Waals surface area contributed by atoms with Crippen molar-refractivity contribution in [1.29, 1.82) is 0 Å². The number of esters is 1. The van der Waals surface area contributed by atoms with Gasteiger partial charge in [-0.2, -0.15) is 0 Å². The van der Waals surface area contributed by atoms with E-state index in [-0.39, 0.29) is 45.6 Å². The number of hydrogen-bond acceptors (Lipinski definition) is 3. The Morgan fingerprint density at radius 1 is 0.844 bits per heavy atom. The number of carbonyl (C=O) groups excluding carboxylic acids is 1. The Morgan fingerprint density at radius 3 is 1.44 bits per heavy atom. The van der Waals surface area contributed by atoms with Gasteiger partial charge in [0.25, 0.3) is 0 Å². The van der Waals surface area contributed by atoms with E-state index in [1.165, 1.54) is 13.2 Å². The van der Waals surface area contributed by atoms with Crippen LogP contribution in [0.5, 0.6) is 0 Å². The molecule has 2 radical (unpaired) electrons. The fraction of sp³-hybridized carbons (Fsp3) is 0.550. The molecule has 0 spiro atoms. The second-order valence-corrected chi connectivity index (χ2v) is 11.6. The van der Waals surface area contributed by atoms with E-state index in [1.807, 2.05) is 6.08 Å². The molecule has 0 rings (SSSR count). The first-order valence-corrected chi connectivity index (χ1v) is 11.5. The summed E-state index contributed by atoms with van der Waals surface area (Å²) in [5, 5.41) is 0. The van der Waals surface area contributed by atoms with Gasteiger partial charge < -0.3 is 9.47 Å². The molecule has 2 atom stereocenters. The van der Waals surface area contributed by atoms with Crippen molar-refractivity contribution in [3.63, 3.8) is 0 Å². The van der Waals surface area contributed by atoms with Gasteiger partial charge in [-0.3, -0.25) is 4.79 Å². The summed E-state index contributed by atoms with van der Waals surface area (Å²) in [6.45, 7) is 36.2. The minimum Gasteiger partial charge on any atom is 0 e. The fourth-order valence-corrected chi connectivity index (χ4v) is 2.91. The van der Waals surface area contributed by atoms with Crippen molar-refractivity contribution in [2.24, 2.45) is 5.92 Å². The van der Waals surface area contributed by atoms with Gasteiger partial charge in [0, 0.05) is 54.7 Å². The first kappa shape index (κ1) is 57.6. The zero-order valence-corrected chi connectivity index (χ0v) is 21.9. The molecule has 0 aliphatic heterocycles. The molecule has 0 aromatic heterocycles. The number of hydrogen-bond donors (Lipinski definition) is 0. The van der Waals surface area contributed by atoms with Crippen molar-refractivity contribution < 1.29 is 75.7 Å².